The molecule has 68 valence electrons. The minimum atomic E-state index is -0.304. The number of nitrogens with zero attached hydrogens (tertiary/aromatic N) is 1. The van der Waals surface area contributed by atoms with Gasteiger partial charge >= 0.3 is 0 Å². The van der Waals surface area contributed by atoms with Gasteiger partial charge in [-0.1, -0.05) is 0 Å². The molecule has 0 fully saturated rings. The molecule has 0 aromatic heterocycles. The molecular formula is C7H15Cl2NO. The number of aliphatic hydroxyl groups excluding tert-OH is 1. The van der Waals surface area contributed by atoms with Crippen molar-refractivity contribution in [3.05, 3.63) is 0 Å². The molecule has 0 aliphatic carbocycles. The summed E-state index contributed by atoms with van der Waals surface area (Å²) < 4.78 is 0. The highest BCUT2D eigenvalue weighted by molar-refractivity contribution is 6.18. The van der Waals surface area contributed by atoms with Crippen LogP contribution in [-0.4, -0.2) is 47.5 Å². The minimum absolute atomic E-state index is 0.304. The Kier molecular flexibility index (Phi) is 7.49. The minimum Gasteiger partial charge on any atom is -0.392 e. The molecule has 0 aromatic carbocycles. The smallest absolute Gasteiger partial charge is 0.0639 e. The molecule has 0 aliphatic rings. The maximum atomic E-state index is 9.05. The lowest BCUT2D eigenvalue weighted by atomic mass is 10.3. The Bertz CT molecular complexity index is 84.5. The van der Waals surface area contributed by atoms with E-state index in [2.05, 4.69) is 0 Å². The molecular weight excluding hydrogens is 185 g/mol. The SMILES string of the molecule is CC(O)CN(CCCl)CCCl. The Labute approximate surface area is 78.1 Å². The van der Waals surface area contributed by atoms with Gasteiger partial charge in [-0.05, 0) is 6.92 Å². The summed E-state index contributed by atoms with van der Waals surface area (Å²) in [6, 6.07) is 0. The van der Waals surface area contributed by atoms with Crippen molar-refractivity contribution in [2.75, 3.05) is 31.4 Å². The molecule has 0 spiro atoms. The molecule has 0 saturated carbocycles. The van der Waals surface area contributed by atoms with Gasteiger partial charge in [0.25, 0.3) is 0 Å². The summed E-state index contributed by atoms with van der Waals surface area (Å²) in [6.45, 7) is 3.99. The highest BCUT2D eigenvalue weighted by atomic mass is 35.5. The van der Waals surface area contributed by atoms with Crippen molar-refractivity contribution in [1.82, 2.24) is 4.90 Å². The van der Waals surface area contributed by atoms with Crippen molar-refractivity contribution in [3.8, 4) is 0 Å². The zero-order chi connectivity index (χ0) is 8.69. The van der Waals surface area contributed by atoms with Crippen molar-refractivity contribution in [2.24, 2.45) is 0 Å². The largest absolute Gasteiger partial charge is 0.392 e. The van der Waals surface area contributed by atoms with Crippen molar-refractivity contribution >= 4 is 23.2 Å². The van der Waals surface area contributed by atoms with Crippen LogP contribution in [0.15, 0.2) is 0 Å². The van der Waals surface area contributed by atoms with Crippen molar-refractivity contribution in [1.29, 1.82) is 0 Å². The van der Waals surface area contributed by atoms with E-state index in [1.54, 1.807) is 6.92 Å². The molecule has 4 heteroatoms. The second-order valence-corrected chi connectivity index (χ2v) is 3.28. The average molecular weight is 200 g/mol. The molecule has 0 rings (SSSR count). The maximum Gasteiger partial charge on any atom is 0.0639 e. The van der Waals surface area contributed by atoms with Gasteiger partial charge in [-0.25, -0.2) is 0 Å². The van der Waals surface area contributed by atoms with Gasteiger partial charge in [-0.3, -0.25) is 4.90 Å². The highest BCUT2D eigenvalue weighted by Crippen LogP contribution is 1.94. The van der Waals surface area contributed by atoms with E-state index in [9.17, 15) is 0 Å². The van der Waals surface area contributed by atoms with E-state index in [1.165, 1.54) is 0 Å². The lowest BCUT2D eigenvalue weighted by Gasteiger charge is -2.21. The Morgan fingerprint density at radius 2 is 1.73 bits per heavy atom. The van der Waals surface area contributed by atoms with E-state index < -0.39 is 0 Å². The first kappa shape index (κ1) is 11.5. The first-order valence-corrected chi connectivity index (χ1v) is 4.80. The van der Waals surface area contributed by atoms with Crippen LogP contribution in [-0.2, 0) is 0 Å². The van der Waals surface area contributed by atoms with Gasteiger partial charge in [0.1, 0.15) is 0 Å². The fourth-order valence-corrected chi connectivity index (χ4v) is 1.39. The van der Waals surface area contributed by atoms with Crippen LogP contribution in [0.25, 0.3) is 0 Å². The molecule has 2 nitrogen and oxygen atoms in total. The molecule has 0 aromatic rings. The van der Waals surface area contributed by atoms with Crippen LogP contribution in [0, 0.1) is 0 Å². The Balaban J connectivity index is 3.50. The van der Waals surface area contributed by atoms with E-state index in [4.69, 9.17) is 28.3 Å². The van der Waals surface area contributed by atoms with Crippen LogP contribution in [0.1, 0.15) is 6.92 Å². The van der Waals surface area contributed by atoms with Gasteiger partial charge in [0, 0.05) is 31.4 Å². The number of alkyl halides is 2. The Morgan fingerprint density at radius 3 is 2.00 bits per heavy atom. The van der Waals surface area contributed by atoms with Gasteiger partial charge in [0.2, 0.25) is 0 Å². The summed E-state index contributed by atoms with van der Waals surface area (Å²) in [6.07, 6.45) is -0.304. The molecule has 1 unspecified atom stereocenters. The van der Waals surface area contributed by atoms with E-state index in [-0.39, 0.29) is 6.10 Å². The average Bonchev–Trinajstić information content (AvgIpc) is 1.87. The van der Waals surface area contributed by atoms with Crippen LogP contribution < -0.4 is 0 Å². The second-order valence-electron chi connectivity index (χ2n) is 2.53. The van der Waals surface area contributed by atoms with Gasteiger partial charge in [-0.15, -0.1) is 23.2 Å². The number of rotatable bonds is 6. The third kappa shape index (κ3) is 6.88. The third-order valence-electron chi connectivity index (χ3n) is 1.32. The van der Waals surface area contributed by atoms with E-state index in [0.29, 0.717) is 18.3 Å². The van der Waals surface area contributed by atoms with Crippen molar-refractivity contribution in [2.45, 2.75) is 13.0 Å². The molecule has 11 heavy (non-hydrogen) atoms. The third-order valence-corrected chi connectivity index (χ3v) is 1.66. The van der Waals surface area contributed by atoms with Crippen LogP contribution in [0.5, 0.6) is 0 Å². The zero-order valence-electron chi connectivity index (χ0n) is 6.76. The van der Waals surface area contributed by atoms with Crippen LogP contribution >= 0.6 is 23.2 Å². The first-order valence-electron chi connectivity index (χ1n) is 3.73. The molecule has 0 amide bonds. The lowest BCUT2D eigenvalue weighted by molar-refractivity contribution is 0.134. The topological polar surface area (TPSA) is 23.5 Å². The predicted molar refractivity (Wildman–Crippen MR) is 49.6 cm³/mol. The number of aliphatic hydroxyl groups is 1. The number of hydrogen-bond donors (Lipinski definition) is 1. The molecule has 0 bridgehead atoms. The molecule has 0 saturated heterocycles. The van der Waals surface area contributed by atoms with Crippen molar-refractivity contribution in [3.63, 3.8) is 0 Å². The zero-order valence-corrected chi connectivity index (χ0v) is 8.28. The van der Waals surface area contributed by atoms with E-state index in [1.807, 2.05) is 4.90 Å². The predicted octanol–water partition coefficient (Wildman–Crippen LogP) is 1.15. The Hall–Kier alpha value is 0.500. The summed E-state index contributed by atoms with van der Waals surface area (Å²) in [5, 5.41) is 9.05. The van der Waals surface area contributed by atoms with Gasteiger partial charge in [0.15, 0.2) is 0 Å². The molecule has 0 aliphatic heterocycles. The summed E-state index contributed by atoms with van der Waals surface area (Å²) >= 11 is 11.1. The quantitative estimate of drug-likeness (QED) is 0.650. The van der Waals surface area contributed by atoms with Crippen molar-refractivity contribution < 1.29 is 5.11 Å². The first-order chi connectivity index (χ1) is 5.20. The molecule has 0 heterocycles. The van der Waals surface area contributed by atoms with Gasteiger partial charge in [0.05, 0.1) is 6.10 Å². The normalized spacial score (nSPS) is 13.9. The summed E-state index contributed by atoms with van der Waals surface area (Å²) in [5.74, 6) is 1.17. The van der Waals surface area contributed by atoms with Crippen LogP contribution in [0.2, 0.25) is 0 Å². The van der Waals surface area contributed by atoms with Crippen LogP contribution in [0.3, 0.4) is 0 Å². The van der Waals surface area contributed by atoms with E-state index >= 15 is 0 Å². The summed E-state index contributed by atoms with van der Waals surface area (Å²) in [4.78, 5) is 2.05. The standard InChI is InChI=1S/C7H15Cl2NO/c1-7(11)6-10(4-2-8)5-3-9/h7,11H,2-6H2,1H3. The summed E-state index contributed by atoms with van der Waals surface area (Å²) in [7, 11) is 0. The molecule has 1 atom stereocenters. The molecule has 0 radical (unpaired) electrons. The van der Waals surface area contributed by atoms with Gasteiger partial charge in [-0.2, -0.15) is 0 Å². The number of hydrogen-bond acceptors (Lipinski definition) is 2. The van der Waals surface area contributed by atoms with E-state index in [0.717, 1.165) is 13.1 Å². The monoisotopic (exact) mass is 199 g/mol. The summed E-state index contributed by atoms with van der Waals surface area (Å²) in [5.41, 5.74) is 0. The lowest BCUT2D eigenvalue weighted by Crippen LogP contribution is -2.34. The number of halogens is 2. The van der Waals surface area contributed by atoms with Crippen LogP contribution in [0.4, 0.5) is 0 Å². The van der Waals surface area contributed by atoms with Gasteiger partial charge < -0.3 is 5.11 Å². The maximum absolute atomic E-state index is 9.05. The fraction of sp³-hybridized carbons (Fsp3) is 1.00. The Morgan fingerprint density at radius 1 is 1.27 bits per heavy atom. The molecule has 1 N–H and O–H groups in total. The second kappa shape index (κ2) is 7.17. The fourth-order valence-electron chi connectivity index (χ4n) is 0.907. The highest BCUT2D eigenvalue weighted by Gasteiger charge is 2.05.